The summed E-state index contributed by atoms with van der Waals surface area (Å²) >= 11 is 3.40. The number of rotatable bonds is 4. The van der Waals surface area contributed by atoms with Gasteiger partial charge >= 0.3 is 12.3 Å². The van der Waals surface area contributed by atoms with Crippen LogP contribution in [0.15, 0.2) is 29.0 Å². The summed E-state index contributed by atoms with van der Waals surface area (Å²) in [4.78, 5) is 22.8. The first-order chi connectivity index (χ1) is 15.7. The number of nitrogens with one attached hydrogen (secondary N) is 4. The molecule has 3 aromatic rings. The number of aromatic amines is 1. The highest BCUT2D eigenvalue weighted by Crippen LogP contribution is 2.42. The van der Waals surface area contributed by atoms with Gasteiger partial charge in [-0.3, -0.25) is 5.32 Å². The van der Waals surface area contributed by atoms with Gasteiger partial charge in [-0.25, -0.2) is 14.8 Å². The molecule has 2 aromatic heterocycles. The number of ether oxygens (including phenoxy) is 1. The molecule has 1 aromatic carbocycles. The molecule has 2 fully saturated rings. The van der Waals surface area contributed by atoms with Crippen molar-refractivity contribution in [3.8, 4) is 11.3 Å². The summed E-state index contributed by atoms with van der Waals surface area (Å²) < 4.78 is 46.5. The molecule has 1 aliphatic heterocycles. The minimum atomic E-state index is -4.63. The van der Waals surface area contributed by atoms with E-state index in [1.54, 1.807) is 12.1 Å². The van der Waals surface area contributed by atoms with Crippen LogP contribution in [0.2, 0.25) is 0 Å². The number of nitrogens with zero attached hydrogens (tertiary/aromatic N) is 2. The van der Waals surface area contributed by atoms with E-state index in [4.69, 9.17) is 0 Å². The zero-order chi connectivity index (χ0) is 23.3. The van der Waals surface area contributed by atoms with Crippen molar-refractivity contribution in [1.29, 1.82) is 0 Å². The maximum absolute atomic E-state index is 13.8. The number of aromatic nitrogens is 3. The Kier molecular flexibility index (Phi) is 5.44. The Morgan fingerprint density at radius 1 is 1.30 bits per heavy atom. The first kappa shape index (κ1) is 22.0. The van der Waals surface area contributed by atoms with E-state index in [1.165, 1.54) is 13.3 Å². The van der Waals surface area contributed by atoms with Crippen molar-refractivity contribution in [3.63, 3.8) is 0 Å². The molecule has 3 atom stereocenters. The van der Waals surface area contributed by atoms with Gasteiger partial charge in [-0.15, -0.1) is 0 Å². The summed E-state index contributed by atoms with van der Waals surface area (Å²) in [5, 5.41) is 9.65. The van der Waals surface area contributed by atoms with Gasteiger partial charge in [0.1, 0.15) is 5.56 Å². The molecular formula is C21H20BrF3N6O2. The van der Waals surface area contributed by atoms with E-state index in [1.807, 2.05) is 0 Å². The smallest absolute Gasteiger partial charge is 0.419 e. The van der Waals surface area contributed by atoms with Gasteiger partial charge in [-0.05, 0) is 40.8 Å². The molecule has 4 N–H and O–H groups in total. The van der Waals surface area contributed by atoms with Gasteiger partial charge in [0.05, 0.1) is 28.5 Å². The largest absolute Gasteiger partial charge is 0.453 e. The molecule has 1 aliphatic carbocycles. The Balaban J connectivity index is 1.53. The van der Waals surface area contributed by atoms with Gasteiger partial charge in [0.15, 0.2) is 0 Å². The number of piperidine rings is 1. The maximum atomic E-state index is 13.8. The number of halogens is 4. The lowest BCUT2D eigenvalue weighted by molar-refractivity contribution is -0.137. The van der Waals surface area contributed by atoms with Crippen molar-refractivity contribution >= 4 is 44.6 Å². The van der Waals surface area contributed by atoms with E-state index >= 15 is 0 Å². The zero-order valence-corrected chi connectivity index (χ0v) is 19.0. The first-order valence-electron chi connectivity index (χ1n) is 10.3. The number of fused-ring (bicyclic) bond motifs is 2. The lowest BCUT2D eigenvalue weighted by atomic mass is 10.1. The maximum Gasteiger partial charge on any atom is 0.419 e. The number of alkyl halides is 3. The molecule has 12 heteroatoms. The standard InChI is InChI=1S/C21H20BrF3N6O2/c1-33-20(32)30-14-3-2-11-12(7-27-18(11)16(14)22)17-13(21(23,24)25)8-28-19(31-17)29-10-4-9-5-15(9)26-6-10/h2-3,7-10,15,26-27H,4-6H2,1H3,(H,30,32)(H,28,29,31)/t9?,10?,15-/m0/s1. The Morgan fingerprint density at radius 2 is 2.12 bits per heavy atom. The number of benzene rings is 1. The van der Waals surface area contributed by atoms with Crippen molar-refractivity contribution in [2.75, 3.05) is 24.3 Å². The molecule has 2 aliphatic rings. The van der Waals surface area contributed by atoms with E-state index in [9.17, 15) is 18.0 Å². The molecule has 33 heavy (non-hydrogen) atoms. The predicted molar refractivity (Wildman–Crippen MR) is 120 cm³/mol. The number of H-pyrrole nitrogens is 1. The Bertz CT molecular complexity index is 1230. The van der Waals surface area contributed by atoms with Crippen LogP contribution in [-0.4, -0.2) is 46.8 Å². The Labute approximate surface area is 194 Å². The highest BCUT2D eigenvalue weighted by molar-refractivity contribution is 9.10. The molecule has 5 rings (SSSR count). The van der Waals surface area contributed by atoms with E-state index < -0.39 is 17.8 Å². The summed E-state index contributed by atoms with van der Waals surface area (Å²) in [6, 6.07) is 3.82. The Morgan fingerprint density at radius 3 is 2.85 bits per heavy atom. The van der Waals surface area contributed by atoms with E-state index in [0.29, 0.717) is 33.0 Å². The third-order valence-electron chi connectivity index (χ3n) is 6.03. The molecule has 174 valence electrons. The van der Waals surface area contributed by atoms with Crippen LogP contribution in [0, 0.1) is 5.92 Å². The second kappa shape index (κ2) is 8.17. The van der Waals surface area contributed by atoms with Crippen LogP contribution >= 0.6 is 15.9 Å². The molecule has 3 heterocycles. The number of carbonyl (C=O) groups excluding carboxylic acids is 1. The summed E-state index contributed by atoms with van der Waals surface area (Å²) in [5.74, 6) is 0.755. The normalized spacial score (nSPS) is 22.0. The van der Waals surface area contributed by atoms with Crippen molar-refractivity contribution in [3.05, 3.63) is 34.6 Å². The van der Waals surface area contributed by atoms with Crippen LogP contribution < -0.4 is 16.0 Å². The van der Waals surface area contributed by atoms with Crippen LogP contribution in [-0.2, 0) is 10.9 Å². The number of methoxy groups -OCH3 is 1. The van der Waals surface area contributed by atoms with Gasteiger partial charge in [0.25, 0.3) is 0 Å². The molecule has 1 saturated heterocycles. The topological polar surface area (TPSA) is 104 Å². The first-order valence-corrected chi connectivity index (χ1v) is 11.1. The molecule has 2 unspecified atom stereocenters. The number of hydrogen-bond donors (Lipinski definition) is 4. The average molecular weight is 525 g/mol. The van der Waals surface area contributed by atoms with E-state index in [2.05, 4.69) is 51.6 Å². The van der Waals surface area contributed by atoms with E-state index in [-0.39, 0.29) is 23.2 Å². The average Bonchev–Trinajstić information content (AvgIpc) is 3.42. The van der Waals surface area contributed by atoms with Crippen LogP contribution in [0.25, 0.3) is 22.2 Å². The van der Waals surface area contributed by atoms with Gasteiger partial charge in [0.2, 0.25) is 5.95 Å². The molecule has 1 amide bonds. The lowest BCUT2D eigenvalue weighted by Gasteiger charge is -2.24. The summed E-state index contributed by atoms with van der Waals surface area (Å²) in [6.45, 7) is 0.719. The summed E-state index contributed by atoms with van der Waals surface area (Å²) in [5.41, 5.74) is 0.0475. The monoisotopic (exact) mass is 524 g/mol. The van der Waals surface area contributed by atoms with E-state index in [0.717, 1.165) is 25.6 Å². The highest BCUT2D eigenvalue weighted by Gasteiger charge is 2.42. The second-order valence-electron chi connectivity index (χ2n) is 8.21. The second-order valence-corrected chi connectivity index (χ2v) is 9.00. The summed E-state index contributed by atoms with van der Waals surface area (Å²) in [6.07, 6.45) is -0.934. The van der Waals surface area contributed by atoms with Crippen LogP contribution in [0.4, 0.5) is 29.6 Å². The molecule has 0 spiro atoms. The molecule has 0 radical (unpaired) electrons. The number of hydrogen-bond acceptors (Lipinski definition) is 6. The quantitative estimate of drug-likeness (QED) is 0.392. The van der Waals surface area contributed by atoms with Gasteiger partial charge < -0.3 is 20.4 Å². The molecular weight excluding hydrogens is 505 g/mol. The fraction of sp³-hybridized carbons (Fsp3) is 0.381. The van der Waals surface area contributed by atoms with Crippen molar-refractivity contribution in [2.45, 2.75) is 31.1 Å². The van der Waals surface area contributed by atoms with Crippen molar-refractivity contribution in [1.82, 2.24) is 20.3 Å². The SMILES string of the molecule is COC(=O)Nc1ccc2c(-c3nc(NC4CN[C@H]5CC5C4)ncc3C(F)(F)F)c[nH]c2c1Br. The third kappa shape index (κ3) is 4.24. The fourth-order valence-corrected chi connectivity index (χ4v) is 4.83. The summed E-state index contributed by atoms with van der Waals surface area (Å²) in [7, 11) is 1.24. The predicted octanol–water partition coefficient (Wildman–Crippen LogP) is 4.75. The zero-order valence-electron chi connectivity index (χ0n) is 17.4. The lowest BCUT2D eigenvalue weighted by Crippen LogP contribution is -2.39. The minimum absolute atomic E-state index is 0.0578. The number of anilines is 2. The van der Waals surface area contributed by atoms with Gasteiger partial charge in [-0.2, -0.15) is 13.2 Å². The van der Waals surface area contributed by atoms with Crippen LogP contribution in [0.3, 0.4) is 0 Å². The molecule has 8 nitrogen and oxygen atoms in total. The fourth-order valence-electron chi connectivity index (χ4n) is 4.27. The number of amides is 1. The highest BCUT2D eigenvalue weighted by atomic mass is 79.9. The third-order valence-corrected chi connectivity index (χ3v) is 6.86. The van der Waals surface area contributed by atoms with Crippen molar-refractivity contribution < 1.29 is 22.7 Å². The minimum Gasteiger partial charge on any atom is -0.453 e. The van der Waals surface area contributed by atoms with Gasteiger partial charge in [-0.1, -0.05) is 6.07 Å². The molecule has 0 bridgehead atoms. The number of carbonyl (C=O) groups is 1. The Hall–Kier alpha value is -2.86. The van der Waals surface area contributed by atoms with Crippen LogP contribution in [0.5, 0.6) is 0 Å². The van der Waals surface area contributed by atoms with Gasteiger partial charge in [0, 0.05) is 42.0 Å². The van der Waals surface area contributed by atoms with Crippen molar-refractivity contribution in [2.24, 2.45) is 5.92 Å². The van der Waals surface area contributed by atoms with Crippen LogP contribution in [0.1, 0.15) is 18.4 Å². The molecule has 1 saturated carbocycles.